The number of nitrogens with zero attached hydrogens (tertiary/aromatic N) is 2. The van der Waals surface area contributed by atoms with E-state index in [0.717, 1.165) is 16.7 Å². The van der Waals surface area contributed by atoms with E-state index in [-0.39, 0.29) is 5.63 Å². The number of hydrogen-bond donors (Lipinski definition) is 0. The van der Waals surface area contributed by atoms with Crippen LogP contribution < -0.4 is 10.4 Å². The predicted molar refractivity (Wildman–Crippen MR) is 95.0 cm³/mol. The number of hydrogen-bond acceptors (Lipinski definition) is 7. The molecule has 0 amide bonds. The summed E-state index contributed by atoms with van der Waals surface area (Å²) in [6.45, 7) is 2.50. The van der Waals surface area contributed by atoms with Crippen LogP contribution in [-0.4, -0.2) is 16.6 Å². The molecule has 25 heavy (non-hydrogen) atoms. The van der Waals surface area contributed by atoms with Crippen molar-refractivity contribution in [3.8, 4) is 5.75 Å². The van der Waals surface area contributed by atoms with Gasteiger partial charge in [-0.25, -0.2) is 9.78 Å². The van der Waals surface area contributed by atoms with Gasteiger partial charge in [-0.05, 0) is 42.8 Å². The Morgan fingerprint density at radius 1 is 1.16 bits per heavy atom. The third-order valence-electron chi connectivity index (χ3n) is 3.61. The second-order valence-corrected chi connectivity index (χ2v) is 6.20. The summed E-state index contributed by atoms with van der Waals surface area (Å²) in [6, 6.07) is 10.5. The van der Waals surface area contributed by atoms with Gasteiger partial charge in [0.1, 0.15) is 11.3 Å². The van der Waals surface area contributed by atoms with Gasteiger partial charge in [0.15, 0.2) is 11.2 Å². The number of oxazole rings is 1. The molecule has 0 saturated heterocycles. The van der Waals surface area contributed by atoms with Crippen LogP contribution in [0.15, 0.2) is 61.4 Å². The fraction of sp³-hybridized carbons (Fsp3) is 0.167. The van der Waals surface area contributed by atoms with E-state index >= 15 is 0 Å². The summed E-state index contributed by atoms with van der Waals surface area (Å²) in [6.07, 6.45) is 1.67. The van der Waals surface area contributed by atoms with Crippen molar-refractivity contribution >= 4 is 34.0 Å². The number of ether oxygens (including phenoxy) is 1. The Labute approximate surface area is 146 Å². The molecule has 7 heteroatoms. The van der Waals surface area contributed by atoms with Gasteiger partial charge in [0, 0.05) is 23.4 Å². The average molecular weight is 354 g/mol. The fourth-order valence-corrected chi connectivity index (χ4v) is 3.35. The van der Waals surface area contributed by atoms with Crippen molar-refractivity contribution in [2.45, 2.75) is 17.9 Å². The van der Waals surface area contributed by atoms with E-state index in [1.165, 1.54) is 17.8 Å². The van der Waals surface area contributed by atoms with Gasteiger partial charge in [-0.3, -0.25) is 0 Å². The summed E-state index contributed by atoms with van der Waals surface area (Å²) >= 11 is 1.40. The standard InChI is InChI=1S/C18H14N2O4S/c1-2-22-12-5-6-14-13(9-12)11(8-16(21)23-14)10-25-18-20-17-15(24-18)4-3-7-19-17/h3-9H,2,10H2,1H3. The Bertz CT molecular complexity index is 1070. The van der Waals surface area contributed by atoms with E-state index in [1.807, 2.05) is 19.1 Å². The van der Waals surface area contributed by atoms with Gasteiger partial charge < -0.3 is 13.6 Å². The van der Waals surface area contributed by atoms with E-state index in [9.17, 15) is 4.79 Å². The molecule has 0 fully saturated rings. The number of pyridine rings is 1. The van der Waals surface area contributed by atoms with Crippen LogP contribution in [-0.2, 0) is 5.75 Å². The maximum atomic E-state index is 11.8. The third-order valence-corrected chi connectivity index (χ3v) is 4.48. The quantitative estimate of drug-likeness (QED) is 0.395. The molecule has 0 aliphatic carbocycles. The van der Waals surface area contributed by atoms with Crippen LogP contribution in [0.5, 0.6) is 5.75 Å². The zero-order valence-electron chi connectivity index (χ0n) is 13.4. The molecule has 0 bridgehead atoms. The molecule has 6 nitrogen and oxygen atoms in total. The molecule has 4 rings (SSSR count). The molecule has 3 heterocycles. The first-order chi connectivity index (χ1) is 12.2. The van der Waals surface area contributed by atoms with Crippen LogP contribution in [0.25, 0.3) is 22.2 Å². The van der Waals surface area contributed by atoms with Crippen molar-refractivity contribution in [3.05, 3.63) is 58.6 Å². The SMILES string of the molecule is CCOc1ccc2oc(=O)cc(CSc3nc4ncccc4o3)c2c1. The van der Waals surface area contributed by atoms with Crippen molar-refractivity contribution in [1.82, 2.24) is 9.97 Å². The van der Waals surface area contributed by atoms with Gasteiger partial charge >= 0.3 is 5.63 Å². The van der Waals surface area contributed by atoms with Crippen molar-refractivity contribution in [2.24, 2.45) is 0 Å². The van der Waals surface area contributed by atoms with Crippen molar-refractivity contribution in [1.29, 1.82) is 0 Å². The molecule has 0 aliphatic heterocycles. The molecule has 126 valence electrons. The van der Waals surface area contributed by atoms with Crippen LogP contribution in [0.2, 0.25) is 0 Å². The van der Waals surface area contributed by atoms with Crippen molar-refractivity contribution in [3.63, 3.8) is 0 Å². The first-order valence-electron chi connectivity index (χ1n) is 7.77. The number of benzene rings is 1. The van der Waals surface area contributed by atoms with Crippen LogP contribution in [0.1, 0.15) is 12.5 Å². The van der Waals surface area contributed by atoms with Crippen LogP contribution in [0.3, 0.4) is 0 Å². The number of aromatic nitrogens is 2. The zero-order chi connectivity index (χ0) is 17.2. The van der Waals surface area contributed by atoms with E-state index < -0.39 is 0 Å². The second kappa shape index (κ2) is 6.60. The predicted octanol–water partition coefficient (Wildman–Crippen LogP) is 4.02. The highest BCUT2D eigenvalue weighted by atomic mass is 32.2. The Kier molecular flexibility index (Phi) is 4.15. The monoisotopic (exact) mass is 354 g/mol. The molecular formula is C18H14N2O4S. The van der Waals surface area contributed by atoms with Gasteiger partial charge in [-0.15, -0.1) is 0 Å². The summed E-state index contributed by atoms with van der Waals surface area (Å²) < 4.78 is 16.5. The zero-order valence-corrected chi connectivity index (χ0v) is 14.2. The maximum Gasteiger partial charge on any atom is 0.336 e. The highest BCUT2D eigenvalue weighted by Crippen LogP contribution is 2.29. The number of rotatable bonds is 5. The number of fused-ring (bicyclic) bond motifs is 2. The third kappa shape index (κ3) is 3.23. The molecule has 1 aromatic carbocycles. The molecule has 4 aromatic rings. The smallest absolute Gasteiger partial charge is 0.336 e. The van der Waals surface area contributed by atoms with E-state index in [1.54, 1.807) is 24.4 Å². The van der Waals surface area contributed by atoms with Gasteiger partial charge in [-0.1, -0.05) is 11.8 Å². The second-order valence-electron chi connectivity index (χ2n) is 5.28. The normalized spacial score (nSPS) is 11.2. The number of thioether (sulfide) groups is 1. The van der Waals surface area contributed by atoms with E-state index in [0.29, 0.717) is 34.4 Å². The maximum absolute atomic E-state index is 11.8. The lowest BCUT2D eigenvalue weighted by Crippen LogP contribution is -2.00. The minimum Gasteiger partial charge on any atom is -0.494 e. The molecule has 0 aliphatic rings. The Hall–Kier alpha value is -2.80. The van der Waals surface area contributed by atoms with Crippen molar-refractivity contribution < 1.29 is 13.6 Å². The van der Waals surface area contributed by atoms with E-state index in [2.05, 4.69) is 9.97 Å². The minimum atomic E-state index is -0.383. The Balaban J connectivity index is 1.67. The average Bonchev–Trinajstić information content (AvgIpc) is 3.03. The van der Waals surface area contributed by atoms with Gasteiger partial charge in [0.25, 0.3) is 5.22 Å². The van der Waals surface area contributed by atoms with Gasteiger partial charge in [-0.2, -0.15) is 4.98 Å². The van der Waals surface area contributed by atoms with E-state index in [4.69, 9.17) is 13.6 Å². The lowest BCUT2D eigenvalue weighted by Gasteiger charge is -2.07. The largest absolute Gasteiger partial charge is 0.494 e. The summed E-state index contributed by atoms with van der Waals surface area (Å²) in [5.74, 6) is 1.26. The first-order valence-corrected chi connectivity index (χ1v) is 8.75. The highest BCUT2D eigenvalue weighted by Gasteiger charge is 2.11. The minimum absolute atomic E-state index is 0.383. The van der Waals surface area contributed by atoms with Crippen LogP contribution >= 0.6 is 11.8 Å². The molecule has 0 N–H and O–H groups in total. The topological polar surface area (TPSA) is 78.4 Å². The Morgan fingerprint density at radius 2 is 2.08 bits per heavy atom. The van der Waals surface area contributed by atoms with Crippen LogP contribution in [0, 0.1) is 0 Å². The van der Waals surface area contributed by atoms with Gasteiger partial charge in [0.2, 0.25) is 0 Å². The summed E-state index contributed by atoms with van der Waals surface area (Å²) in [7, 11) is 0. The first kappa shape index (κ1) is 15.7. The summed E-state index contributed by atoms with van der Waals surface area (Å²) in [5.41, 5.74) is 2.20. The Morgan fingerprint density at radius 3 is 2.92 bits per heavy atom. The van der Waals surface area contributed by atoms with Crippen LogP contribution in [0.4, 0.5) is 0 Å². The molecule has 0 atom stereocenters. The molecule has 0 saturated carbocycles. The summed E-state index contributed by atoms with van der Waals surface area (Å²) in [4.78, 5) is 20.3. The molecule has 0 radical (unpaired) electrons. The molecular weight excluding hydrogens is 340 g/mol. The van der Waals surface area contributed by atoms with Crippen molar-refractivity contribution in [2.75, 3.05) is 6.61 Å². The molecule has 3 aromatic heterocycles. The molecule has 0 spiro atoms. The lowest BCUT2D eigenvalue weighted by atomic mass is 10.1. The highest BCUT2D eigenvalue weighted by molar-refractivity contribution is 7.98. The lowest BCUT2D eigenvalue weighted by molar-refractivity contribution is 0.340. The molecule has 0 unspecified atom stereocenters. The summed E-state index contributed by atoms with van der Waals surface area (Å²) in [5, 5.41) is 1.35. The fourth-order valence-electron chi connectivity index (χ4n) is 2.53. The van der Waals surface area contributed by atoms with Gasteiger partial charge in [0.05, 0.1) is 6.61 Å².